The van der Waals surface area contributed by atoms with Crippen LogP contribution in [0.3, 0.4) is 0 Å². The maximum Gasteiger partial charge on any atom is 0.264 e. The summed E-state index contributed by atoms with van der Waals surface area (Å²) in [5, 5.41) is 17.4. The molecule has 0 spiro atoms. The van der Waals surface area contributed by atoms with Gasteiger partial charge in [-0.3, -0.25) is 9.78 Å². The number of carbonyl (C=O) groups excluding carboxylic acids is 1. The molecule has 0 saturated carbocycles. The van der Waals surface area contributed by atoms with E-state index in [9.17, 15) is 18.8 Å². The Morgan fingerprint density at radius 2 is 2.06 bits per heavy atom. The molecule has 1 unspecified atom stereocenters. The molecular formula is C19H20F3N7O2. The number of halogens is 3. The summed E-state index contributed by atoms with van der Waals surface area (Å²) < 4.78 is 42.1. The monoisotopic (exact) mass is 435 g/mol. The van der Waals surface area contributed by atoms with Crippen LogP contribution in [0.25, 0.3) is 0 Å². The fraction of sp³-hybridized carbons (Fsp3) is 0.263. The molecular weight excluding hydrogens is 415 g/mol. The van der Waals surface area contributed by atoms with Crippen LogP contribution in [0.15, 0.2) is 41.7 Å². The minimum absolute atomic E-state index is 0.0151. The van der Waals surface area contributed by atoms with E-state index in [1.807, 2.05) is 0 Å². The molecule has 9 nitrogen and oxygen atoms in total. The number of hydrogen-bond donors (Lipinski definition) is 4. The third-order valence-corrected chi connectivity index (χ3v) is 3.96. The number of anilines is 1. The van der Waals surface area contributed by atoms with Crippen molar-refractivity contribution in [1.29, 1.82) is 5.26 Å². The van der Waals surface area contributed by atoms with E-state index < -0.39 is 30.6 Å². The lowest BCUT2D eigenvalue weighted by Crippen LogP contribution is -2.29. The number of guanidine groups is 1. The van der Waals surface area contributed by atoms with Gasteiger partial charge < -0.3 is 26.9 Å². The molecule has 1 amide bonds. The van der Waals surface area contributed by atoms with Gasteiger partial charge in [-0.2, -0.15) is 5.26 Å². The molecule has 1 atom stereocenters. The van der Waals surface area contributed by atoms with Crippen molar-refractivity contribution < 1.29 is 22.8 Å². The third kappa shape index (κ3) is 6.77. The quantitative estimate of drug-likeness (QED) is 0.190. The number of nitrogens with one attached hydrogen (secondary N) is 2. The maximum atomic E-state index is 15.0. The lowest BCUT2D eigenvalue weighted by Gasteiger charge is -2.20. The van der Waals surface area contributed by atoms with Crippen molar-refractivity contribution in [2.45, 2.75) is 18.9 Å². The molecule has 0 radical (unpaired) electrons. The van der Waals surface area contributed by atoms with E-state index in [1.165, 1.54) is 24.4 Å². The number of amides is 1. The summed E-state index contributed by atoms with van der Waals surface area (Å²) in [5.74, 6) is -1.88. The van der Waals surface area contributed by atoms with Crippen molar-refractivity contribution in [2.75, 3.05) is 18.5 Å². The largest absolute Gasteiger partial charge is 0.391 e. The van der Waals surface area contributed by atoms with E-state index in [0.29, 0.717) is 0 Å². The molecule has 1 aromatic carbocycles. The minimum Gasteiger partial charge on any atom is -0.391 e. The number of nitriles is 1. The Balaban J connectivity index is 2.15. The Morgan fingerprint density at radius 1 is 1.29 bits per heavy atom. The fourth-order valence-corrected chi connectivity index (χ4v) is 2.58. The molecule has 2 aromatic rings. The van der Waals surface area contributed by atoms with E-state index in [0.717, 1.165) is 6.07 Å². The first-order valence-corrected chi connectivity index (χ1v) is 8.98. The number of nitrogens with two attached hydrogens (primary N) is 2. The first-order chi connectivity index (χ1) is 14.8. The highest BCUT2D eigenvalue weighted by Crippen LogP contribution is 2.28. The van der Waals surface area contributed by atoms with Gasteiger partial charge >= 0.3 is 0 Å². The molecule has 0 aliphatic rings. The number of rotatable bonds is 10. The molecule has 12 heteroatoms. The van der Waals surface area contributed by atoms with E-state index in [2.05, 4.69) is 20.8 Å². The van der Waals surface area contributed by atoms with Gasteiger partial charge in [-0.1, -0.05) is 6.07 Å². The van der Waals surface area contributed by atoms with Crippen LogP contribution in [0.1, 0.15) is 22.9 Å². The van der Waals surface area contributed by atoms with Gasteiger partial charge in [0.1, 0.15) is 12.6 Å². The van der Waals surface area contributed by atoms with Gasteiger partial charge in [-0.05, 0) is 29.4 Å². The highest BCUT2D eigenvalue weighted by atomic mass is 19.3. The number of pyridine rings is 1. The van der Waals surface area contributed by atoms with Crippen LogP contribution in [0.5, 0.6) is 0 Å². The number of carbonyl (C=O) groups is 1. The van der Waals surface area contributed by atoms with Crippen molar-refractivity contribution in [1.82, 2.24) is 10.3 Å². The molecule has 2 rings (SSSR count). The third-order valence-electron chi connectivity index (χ3n) is 3.96. The zero-order valence-electron chi connectivity index (χ0n) is 16.2. The van der Waals surface area contributed by atoms with Gasteiger partial charge in [0, 0.05) is 11.8 Å². The molecule has 164 valence electrons. The summed E-state index contributed by atoms with van der Waals surface area (Å²) in [6.07, 6.45) is -2.04. The topological polar surface area (TPSA) is 151 Å². The van der Waals surface area contributed by atoms with Crippen LogP contribution in [-0.4, -0.2) is 36.4 Å². The second-order valence-corrected chi connectivity index (χ2v) is 6.15. The summed E-state index contributed by atoms with van der Waals surface area (Å²) in [7, 11) is 0. The molecule has 0 fully saturated rings. The second kappa shape index (κ2) is 11.2. The lowest BCUT2D eigenvalue weighted by molar-refractivity contribution is -0.120. The standard InChI is InChI=1S/C19H20F3N7O2/c20-16-12(9-15(30)27-7-8-31-29-19(24)25)11(10-23)4-5-13(16)28-17(18(21)22)14-3-1-2-6-26-14/h1-6,17-18,28H,7-9H2,(H,27,30)(H4,24,25,29). The van der Waals surface area contributed by atoms with Crippen LogP contribution in [-0.2, 0) is 16.1 Å². The summed E-state index contributed by atoms with van der Waals surface area (Å²) in [4.78, 5) is 20.7. The van der Waals surface area contributed by atoms with E-state index in [1.54, 1.807) is 12.1 Å². The number of nitrogens with zero attached hydrogens (tertiary/aromatic N) is 3. The van der Waals surface area contributed by atoms with E-state index >= 15 is 4.39 Å². The Kier molecular flexibility index (Phi) is 8.44. The molecule has 0 aliphatic heterocycles. The normalized spacial score (nSPS) is 11.3. The second-order valence-electron chi connectivity index (χ2n) is 6.15. The highest BCUT2D eigenvalue weighted by Gasteiger charge is 2.26. The molecule has 1 aromatic heterocycles. The fourth-order valence-electron chi connectivity index (χ4n) is 2.58. The van der Waals surface area contributed by atoms with Crippen molar-refractivity contribution >= 4 is 17.6 Å². The molecule has 31 heavy (non-hydrogen) atoms. The predicted molar refractivity (Wildman–Crippen MR) is 106 cm³/mol. The smallest absolute Gasteiger partial charge is 0.264 e. The summed E-state index contributed by atoms with van der Waals surface area (Å²) in [6, 6.07) is 7.08. The van der Waals surface area contributed by atoms with Crippen LogP contribution in [0.2, 0.25) is 0 Å². The first kappa shape index (κ1) is 23.3. The van der Waals surface area contributed by atoms with Gasteiger partial charge in [-0.15, -0.1) is 0 Å². The van der Waals surface area contributed by atoms with Gasteiger partial charge in [0.15, 0.2) is 5.82 Å². The van der Waals surface area contributed by atoms with Crippen molar-refractivity contribution in [2.24, 2.45) is 16.6 Å². The first-order valence-electron chi connectivity index (χ1n) is 8.98. The maximum absolute atomic E-state index is 15.0. The van der Waals surface area contributed by atoms with Gasteiger partial charge in [0.05, 0.1) is 36.0 Å². The Hall–Kier alpha value is -4.01. The Bertz CT molecular complexity index is 961. The van der Waals surface area contributed by atoms with Crippen molar-refractivity contribution in [3.63, 3.8) is 0 Å². The number of aromatic nitrogens is 1. The van der Waals surface area contributed by atoms with Crippen LogP contribution < -0.4 is 22.1 Å². The zero-order valence-corrected chi connectivity index (χ0v) is 16.2. The van der Waals surface area contributed by atoms with Crippen LogP contribution >= 0.6 is 0 Å². The SMILES string of the molecule is N#Cc1ccc(NC(c2ccccn2)C(F)F)c(F)c1CC(=O)NCCON=C(N)N. The average Bonchev–Trinajstić information content (AvgIpc) is 2.74. The Labute approximate surface area is 175 Å². The summed E-state index contributed by atoms with van der Waals surface area (Å²) in [5.41, 5.74) is 9.56. The lowest BCUT2D eigenvalue weighted by atomic mass is 10.0. The summed E-state index contributed by atoms with van der Waals surface area (Å²) >= 11 is 0. The van der Waals surface area contributed by atoms with Gasteiger partial charge in [0.2, 0.25) is 11.9 Å². The van der Waals surface area contributed by atoms with Gasteiger partial charge in [-0.25, -0.2) is 13.2 Å². The number of alkyl halides is 2. The van der Waals surface area contributed by atoms with E-state index in [-0.39, 0.29) is 41.6 Å². The average molecular weight is 435 g/mol. The van der Waals surface area contributed by atoms with Crippen LogP contribution in [0, 0.1) is 17.1 Å². The van der Waals surface area contributed by atoms with Crippen molar-refractivity contribution in [3.8, 4) is 6.07 Å². The summed E-state index contributed by atoms with van der Waals surface area (Å²) in [6.45, 7) is -0.0246. The number of oxime groups is 1. The number of benzene rings is 1. The highest BCUT2D eigenvalue weighted by molar-refractivity contribution is 5.80. The molecule has 6 N–H and O–H groups in total. The molecule has 0 bridgehead atoms. The molecule has 0 aliphatic carbocycles. The minimum atomic E-state index is -2.89. The van der Waals surface area contributed by atoms with Crippen molar-refractivity contribution in [3.05, 3.63) is 59.2 Å². The van der Waals surface area contributed by atoms with Gasteiger partial charge in [0.25, 0.3) is 6.43 Å². The van der Waals surface area contributed by atoms with Crippen LogP contribution in [0.4, 0.5) is 18.9 Å². The number of hydrogen-bond acceptors (Lipinski definition) is 6. The predicted octanol–water partition coefficient (Wildman–Crippen LogP) is 1.37. The molecule has 0 saturated heterocycles. The molecule has 1 heterocycles. The zero-order chi connectivity index (χ0) is 22.8. The Morgan fingerprint density at radius 3 is 2.68 bits per heavy atom. The van der Waals surface area contributed by atoms with E-state index in [4.69, 9.17) is 16.3 Å².